The Balaban J connectivity index is 1.28. The van der Waals surface area contributed by atoms with Crippen molar-refractivity contribution in [2.45, 2.75) is 57.7 Å². The van der Waals surface area contributed by atoms with E-state index in [-0.39, 0.29) is 22.5 Å². The number of anilines is 1. The van der Waals surface area contributed by atoms with Gasteiger partial charge in [0.15, 0.2) is 5.65 Å². The summed E-state index contributed by atoms with van der Waals surface area (Å²) < 4.78 is 41.5. The summed E-state index contributed by atoms with van der Waals surface area (Å²) in [5.41, 5.74) is 4.88. The molecule has 0 bridgehead atoms. The quantitative estimate of drug-likeness (QED) is 0.169. The standard InChI is InChI=1S/C39H38N6O5S/c1-26-10-14-32(15-11-26)51(47,48)45-24-33(29-16-18-40-34(21-29)41-22-27-8-6-5-7-9-27)35-36(45)42-25-43-37(35)49-31-13-12-28-17-19-44(23-30(28)20-31)38(46)50-39(2,3)4/h5-16,18,20-21,24-25H,17,19,22-23H2,1-4H3,(H,40,41). The molecule has 0 fully saturated rings. The first kappa shape index (κ1) is 33.7. The molecule has 1 N–H and O–H groups in total. The van der Waals surface area contributed by atoms with Crippen LogP contribution in [0.25, 0.3) is 22.2 Å². The molecule has 11 nitrogen and oxygen atoms in total. The van der Waals surface area contributed by atoms with E-state index in [4.69, 9.17) is 9.47 Å². The molecular formula is C39H38N6O5S. The highest BCUT2D eigenvalue weighted by Gasteiger charge is 2.28. The number of hydrogen-bond donors (Lipinski definition) is 1. The topological polar surface area (TPSA) is 129 Å². The van der Waals surface area contributed by atoms with Crippen molar-refractivity contribution in [2.24, 2.45) is 0 Å². The number of nitrogens with zero attached hydrogens (tertiary/aromatic N) is 5. The van der Waals surface area contributed by atoms with Gasteiger partial charge in [-0.2, -0.15) is 0 Å². The zero-order valence-electron chi connectivity index (χ0n) is 28.8. The number of nitrogens with one attached hydrogen (secondary N) is 1. The average Bonchev–Trinajstić information content (AvgIpc) is 3.52. The average molecular weight is 703 g/mol. The lowest BCUT2D eigenvalue weighted by molar-refractivity contribution is 0.0223. The van der Waals surface area contributed by atoms with Crippen LogP contribution in [-0.2, 0) is 34.3 Å². The van der Waals surface area contributed by atoms with Crippen molar-refractivity contribution in [2.75, 3.05) is 11.9 Å². The summed E-state index contributed by atoms with van der Waals surface area (Å²) >= 11 is 0. The molecule has 1 amide bonds. The Bertz CT molecular complexity index is 2330. The molecular weight excluding hydrogens is 665 g/mol. The van der Waals surface area contributed by atoms with Gasteiger partial charge in [0.25, 0.3) is 10.0 Å². The molecule has 0 unspecified atom stereocenters. The van der Waals surface area contributed by atoms with E-state index in [9.17, 15) is 13.2 Å². The van der Waals surface area contributed by atoms with E-state index in [1.54, 1.807) is 41.6 Å². The fourth-order valence-corrected chi connectivity index (χ4v) is 7.30. The van der Waals surface area contributed by atoms with E-state index in [1.165, 1.54) is 10.3 Å². The number of fused-ring (bicyclic) bond motifs is 2. The maximum absolute atomic E-state index is 14.1. The van der Waals surface area contributed by atoms with E-state index in [0.29, 0.717) is 54.1 Å². The molecule has 260 valence electrons. The molecule has 1 aliphatic rings. The zero-order valence-corrected chi connectivity index (χ0v) is 29.6. The number of aromatic nitrogens is 4. The number of benzene rings is 3. The molecule has 0 radical (unpaired) electrons. The zero-order chi connectivity index (χ0) is 35.8. The maximum atomic E-state index is 14.1. The highest BCUT2D eigenvalue weighted by Crippen LogP contribution is 2.39. The van der Waals surface area contributed by atoms with E-state index in [1.807, 2.05) is 88.4 Å². The number of pyridine rings is 1. The predicted octanol–water partition coefficient (Wildman–Crippen LogP) is 7.74. The van der Waals surface area contributed by atoms with E-state index >= 15 is 0 Å². The molecule has 12 heteroatoms. The van der Waals surface area contributed by atoms with E-state index in [2.05, 4.69) is 20.3 Å². The van der Waals surface area contributed by atoms with Crippen molar-refractivity contribution in [3.05, 3.63) is 126 Å². The summed E-state index contributed by atoms with van der Waals surface area (Å²) in [6.45, 7) is 8.92. The summed E-state index contributed by atoms with van der Waals surface area (Å²) in [6, 6.07) is 26.1. The van der Waals surface area contributed by atoms with Gasteiger partial charge in [0.05, 0.1) is 10.3 Å². The van der Waals surface area contributed by atoms with E-state index < -0.39 is 15.6 Å². The number of rotatable bonds is 8. The smallest absolute Gasteiger partial charge is 0.410 e. The summed E-state index contributed by atoms with van der Waals surface area (Å²) in [4.78, 5) is 28.1. The van der Waals surface area contributed by atoms with Gasteiger partial charge >= 0.3 is 6.09 Å². The molecule has 0 spiro atoms. The maximum Gasteiger partial charge on any atom is 0.410 e. The van der Waals surface area contributed by atoms with Gasteiger partial charge < -0.3 is 19.7 Å². The van der Waals surface area contributed by atoms with Gasteiger partial charge in [0.1, 0.15) is 23.5 Å². The Labute approximate surface area is 297 Å². The van der Waals surface area contributed by atoms with Crippen LogP contribution in [0.5, 0.6) is 11.6 Å². The second kappa shape index (κ2) is 13.5. The van der Waals surface area contributed by atoms with Crippen molar-refractivity contribution in [3.63, 3.8) is 0 Å². The van der Waals surface area contributed by atoms with Gasteiger partial charge in [-0.1, -0.05) is 54.1 Å². The lowest BCUT2D eigenvalue weighted by Crippen LogP contribution is -2.39. The molecule has 51 heavy (non-hydrogen) atoms. The number of carbonyl (C=O) groups excluding carboxylic acids is 1. The first-order valence-corrected chi connectivity index (χ1v) is 18.1. The molecule has 0 atom stereocenters. The first-order chi connectivity index (χ1) is 24.4. The Morgan fingerprint density at radius 2 is 1.71 bits per heavy atom. The van der Waals surface area contributed by atoms with Gasteiger partial charge in [-0.05, 0) is 92.8 Å². The molecule has 6 aromatic rings. The van der Waals surface area contributed by atoms with Gasteiger partial charge in [-0.3, -0.25) is 0 Å². The van der Waals surface area contributed by atoms with Crippen LogP contribution in [-0.4, -0.2) is 50.5 Å². The number of amides is 1. The van der Waals surface area contributed by atoms with Crippen LogP contribution in [0.15, 0.2) is 109 Å². The fourth-order valence-electron chi connectivity index (χ4n) is 5.98. The number of aryl methyl sites for hydroxylation is 1. The Morgan fingerprint density at radius 3 is 2.47 bits per heavy atom. The summed E-state index contributed by atoms with van der Waals surface area (Å²) in [5.74, 6) is 1.28. The van der Waals surface area contributed by atoms with Gasteiger partial charge in [0, 0.05) is 37.6 Å². The lowest BCUT2D eigenvalue weighted by Gasteiger charge is -2.31. The highest BCUT2D eigenvalue weighted by molar-refractivity contribution is 7.90. The van der Waals surface area contributed by atoms with Crippen LogP contribution in [0.4, 0.5) is 10.6 Å². The first-order valence-electron chi connectivity index (χ1n) is 16.6. The third-order valence-corrected chi connectivity index (χ3v) is 10.2. The van der Waals surface area contributed by atoms with Crippen LogP contribution in [0.2, 0.25) is 0 Å². The Hall–Kier alpha value is -5.75. The molecule has 0 aliphatic carbocycles. The number of hydrogen-bond acceptors (Lipinski definition) is 9. The van der Waals surface area contributed by atoms with Crippen molar-refractivity contribution in [1.29, 1.82) is 0 Å². The van der Waals surface area contributed by atoms with Crippen LogP contribution in [0.3, 0.4) is 0 Å². The summed E-state index contributed by atoms with van der Waals surface area (Å²) in [5, 5.41) is 3.78. The Kier molecular flexibility index (Phi) is 8.94. The van der Waals surface area contributed by atoms with Gasteiger partial charge in [0.2, 0.25) is 5.88 Å². The number of ether oxygens (including phenoxy) is 2. The normalized spacial score (nSPS) is 13.1. The highest BCUT2D eigenvalue weighted by atomic mass is 32.2. The third-order valence-electron chi connectivity index (χ3n) is 8.54. The lowest BCUT2D eigenvalue weighted by atomic mass is 10.00. The SMILES string of the molecule is Cc1ccc(S(=O)(=O)n2cc(-c3ccnc(NCc4ccccc4)c3)c3c(Oc4ccc5c(c4)CN(C(=O)OC(C)(C)C)CC5)ncnc32)cc1. The predicted molar refractivity (Wildman–Crippen MR) is 195 cm³/mol. The van der Waals surface area contributed by atoms with Crippen LogP contribution >= 0.6 is 0 Å². The second-order valence-electron chi connectivity index (χ2n) is 13.5. The minimum atomic E-state index is -4.06. The fraction of sp³-hybridized carbons (Fsp3) is 0.231. The third kappa shape index (κ3) is 7.27. The molecule has 7 rings (SSSR count). The molecule has 4 heterocycles. The van der Waals surface area contributed by atoms with Crippen molar-refractivity contribution in [1.82, 2.24) is 23.8 Å². The van der Waals surface area contributed by atoms with Gasteiger partial charge in [-0.15, -0.1) is 0 Å². The Morgan fingerprint density at radius 1 is 0.922 bits per heavy atom. The van der Waals surface area contributed by atoms with Crippen LogP contribution in [0.1, 0.15) is 43.0 Å². The number of carbonyl (C=O) groups is 1. The van der Waals surface area contributed by atoms with Crippen molar-refractivity contribution < 1.29 is 22.7 Å². The second-order valence-corrected chi connectivity index (χ2v) is 15.3. The molecule has 0 saturated heterocycles. The molecule has 3 aromatic heterocycles. The van der Waals surface area contributed by atoms with E-state index in [0.717, 1.165) is 22.3 Å². The molecule has 0 saturated carbocycles. The summed E-state index contributed by atoms with van der Waals surface area (Å²) in [7, 11) is -4.06. The van der Waals surface area contributed by atoms with Crippen LogP contribution in [0, 0.1) is 6.92 Å². The van der Waals surface area contributed by atoms with Crippen molar-refractivity contribution >= 4 is 33.0 Å². The molecule has 3 aromatic carbocycles. The van der Waals surface area contributed by atoms with Crippen LogP contribution < -0.4 is 10.1 Å². The molecule has 1 aliphatic heterocycles. The minimum Gasteiger partial charge on any atom is -0.444 e. The summed E-state index contributed by atoms with van der Waals surface area (Å²) in [6.07, 6.45) is 4.84. The monoisotopic (exact) mass is 702 g/mol. The van der Waals surface area contributed by atoms with Crippen molar-refractivity contribution in [3.8, 4) is 22.8 Å². The minimum absolute atomic E-state index is 0.127. The largest absolute Gasteiger partial charge is 0.444 e. The van der Waals surface area contributed by atoms with Gasteiger partial charge in [-0.25, -0.2) is 32.1 Å².